The molecule has 1 aromatic rings. The Balaban J connectivity index is 1.46. The third-order valence-corrected chi connectivity index (χ3v) is 4.50. The molecule has 2 saturated heterocycles. The van der Waals surface area contributed by atoms with E-state index in [9.17, 15) is 4.79 Å². The van der Waals surface area contributed by atoms with Crippen molar-refractivity contribution >= 4 is 11.7 Å². The van der Waals surface area contributed by atoms with Crippen LogP contribution >= 0.6 is 0 Å². The van der Waals surface area contributed by atoms with E-state index >= 15 is 0 Å². The van der Waals surface area contributed by atoms with Crippen LogP contribution in [0.1, 0.15) is 37.9 Å². The summed E-state index contributed by atoms with van der Waals surface area (Å²) in [5.41, 5.74) is 0. The van der Waals surface area contributed by atoms with Crippen LogP contribution in [0.2, 0.25) is 0 Å². The van der Waals surface area contributed by atoms with Crippen molar-refractivity contribution in [1.82, 2.24) is 15.4 Å². The van der Waals surface area contributed by atoms with Gasteiger partial charge in [0.1, 0.15) is 5.76 Å². The fraction of sp³-hybridized carbons (Fsp3) is 0.733. The highest BCUT2D eigenvalue weighted by Crippen LogP contribution is 2.24. The van der Waals surface area contributed by atoms with Crippen LogP contribution in [-0.2, 0) is 4.79 Å². The van der Waals surface area contributed by atoms with Crippen LogP contribution in [0.15, 0.2) is 10.6 Å². The van der Waals surface area contributed by atoms with Crippen molar-refractivity contribution in [2.24, 2.45) is 0 Å². The SMILES string of the molecule is Cc1cc(NC(=O)CCN2CCCC2C2CCCN2)no1. The van der Waals surface area contributed by atoms with Crippen LogP contribution in [0.25, 0.3) is 0 Å². The van der Waals surface area contributed by atoms with Gasteiger partial charge in [-0.15, -0.1) is 0 Å². The molecule has 0 spiro atoms. The summed E-state index contributed by atoms with van der Waals surface area (Å²) in [6.45, 7) is 4.89. The van der Waals surface area contributed by atoms with E-state index in [0.717, 1.165) is 19.6 Å². The van der Waals surface area contributed by atoms with Crippen molar-refractivity contribution in [3.8, 4) is 0 Å². The van der Waals surface area contributed by atoms with Gasteiger partial charge >= 0.3 is 0 Å². The lowest BCUT2D eigenvalue weighted by Crippen LogP contribution is -2.44. The zero-order valence-electron chi connectivity index (χ0n) is 12.6. The molecule has 1 amide bonds. The Morgan fingerprint density at radius 3 is 3.14 bits per heavy atom. The molecule has 2 unspecified atom stereocenters. The van der Waals surface area contributed by atoms with Crippen LogP contribution in [0.3, 0.4) is 0 Å². The van der Waals surface area contributed by atoms with Crippen LogP contribution < -0.4 is 10.6 Å². The molecular formula is C15H24N4O2. The monoisotopic (exact) mass is 292 g/mol. The smallest absolute Gasteiger partial charge is 0.226 e. The number of hydrogen-bond acceptors (Lipinski definition) is 5. The molecular weight excluding hydrogens is 268 g/mol. The van der Waals surface area contributed by atoms with Crippen molar-refractivity contribution in [3.63, 3.8) is 0 Å². The molecule has 116 valence electrons. The molecule has 3 heterocycles. The lowest BCUT2D eigenvalue weighted by molar-refractivity contribution is -0.116. The maximum Gasteiger partial charge on any atom is 0.226 e. The van der Waals surface area contributed by atoms with Crippen molar-refractivity contribution < 1.29 is 9.32 Å². The third-order valence-electron chi connectivity index (χ3n) is 4.50. The van der Waals surface area contributed by atoms with Crippen molar-refractivity contribution in [3.05, 3.63) is 11.8 Å². The quantitative estimate of drug-likeness (QED) is 0.861. The van der Waals surface area contributed by atoms with Gasteiger partial charge in [0.05, 0.1) is 0 Å². The van der Waals surface area contributed by atoms with Crippen molar-refractivity contribution in [2.45, 2.75) is 51.1 Å². The summed E-state index contributed by atoms with van der Waals surface area (Å²) < 4.78 is 4.94. The summed E-state index contributed by atoms with van der Waals surface area (Å²) in [7, 11) is 0. The van der Waals surface area contributed by atoms with Gasteiger partial charge in [0.25, 0.3) is 0 Å². The average Bonchev–Trinajstić information content (AvgIpc) is 3.16. The summed E-state index contributed by atoms with van der Waals surface area (Å²) >= 11 is 0. The second-order valence-corrected chi connectivity index (χ2v) is 6.07. The standard InChI is InChI=1S/C15H24N4O2/c1-11-10-14(18-21-11)17-15(20)6-9-19-8-3-5-13(19)12-4-2-7-16-12/h10,12-13,16H,2-9H2,1H3,(H,17,18,20). The van der Waals surface area contributed by atoms with E-state index in [1.54, 1.807) is 6.07 Å². The van der Waals surface area contributed by atoms with E-state index < -0.39 is 0 Å². The van der Waals surface area contributed by atoms with Gasteiger partial charge in [-0.2, -0.15) is 0 Å². The molecule has 0 saturated carbocycles. The van der Waals surface area contributed by atoms with Gasteiger partial charge in [-0.3, -0.25) is 9.69 Å². The Bertz CT molecular complexity index is 482. The molecule has 0 aliphatic carbocycles. The minimum atomic E-state index is 0.00771. The molecule has 0 aromatic carbocycles. The van der Waals surface area contributed by atoms with Gasteiger partial charge in [0.15, 0.2) is 5.82 Å². The van der Waals surface area contributed by atoms with Gasteiger partial charge in [0, 0.05) is 31.1 Å². The van der Waals surface area contributed by atoms with Crippen molar-refractivity contribution in [2.75, 3.05) is 25.0 Å². The lowest BCUT2D eigenvalue weighted by atomic mass is 10.0. The van der Waals surface area contributed by atoms with E-state index in [0.29, 0.717) is 30.1 Å². The molecule has 0 bridgehead atoms. The van der Waals surface area contributed by atoms with Crippen LogP contribution in [0, 0.1) is 6.92 Å². The lowest BCUT2D eigenvalue weighted by Gasteiger charge is -2.29. The fourth-order valence-electron chi connectivity index (χ4n) is 3.50. The van der Waals surface area contributed by atoms with E-state index in [4.69, 9.17) is 4.52 Å². The van der Waals surface area contributed by atoms with E-state index in [-0.39, 0.29) is 5.91 Å². The summed E-state index contributed by atoms with van der Waals surface area (Å²) in [5.74, 6) is 1.22. The predicted octanol–water partition coefficient (Wildman–Crippen LogP) is 1.53. The van der Waals surface area contributed by atoms with Gasteiger partial charge in [0.2, 0.25) is 5.91 Å². The molecule has 3 rings (SSSR count). The molecule has 2 aliphatic rings. The normalized spacial score (nSPS) is 26.3. The Hall–Kier alpha value is -1.40. The number of aromatic nitrogens is 1. The van der Waals surface area contributed by atoms with E-state index in [2.05, 4.69) is 20.7 Å². The van der Waals surface area contributed by atoms with Gasteiger partial charge < -0.3 is 15.2 Å². The van der Waals surface area contributed by atoms with Crippen molar-refractivity contribution in [1.29, 1.82) is 0 Å². The number of carbonyl (C=O) groups is 1. The highest BCUT2D eigenvalue weighted by atomic mass is 16.5. The summed E-state index contributed by atoms with van der Waals surface area (Å²) in [4.78, 5) is 14.4. The van der Waals surface area contributed by atoms with Crippen LogP contribution in [0.5, 0.6) is 0 Å². The molecule has 0 radical (unpaired) electrons. The molecule has 21 heavy (non-hydrogen) atoms. The number of amides is 1. The molecule has 6 heteroatoms. The minimum Gasteiger partial charge on any atom is -0.360 e. The Morgan fingerprint density at radius 1 is 1.52 bits per heavy atom. The second-order valence-electron chi connectivity index (χ2n) is 6.07. The maximum atomic E-state index is 12.0. The summed E-state index contributed by atoms with van der Waals surface area (Å²) in [6.07, 6.45) is 5.55. The number of likely N-dealkylation sites (tertiary alicyclic amines) is 1. The highest BCUT2D eigenvalue weighted by Gasteiger charge is 2.32. The van der Waals surface area contributed by atoms with Crippen LogP contribution in [0.4, 0.5) is 5.82 Å². The van der Waals surface area contributed by atoms with Gasteiger partial charge in [-0.05, 0) is 45.7 Å². The van der Waals surface area contributed by atoms with E-state index in [1.165, 1.54) is 25.7 Å². The van der Waals surface area contributed by atoms with Gasteiger partial charge in [-0.1, -0.05) is 5.16 Å². The zero-order valence-corrected chi connectivity index (χ0v) is 12.6. The first-order valence-electron chi connectivity index (χ1n) is 7.93. The predicted molar refractivity (Wildman–Crippen MR) is 80.1 cm³/mol. The number of anilines is 1. The number of hydrogen-bond donors (Lipinski definition) is 2. The number of nitrogens with one attached hydrogen (secondary N) is 2. The Kier molecular flexibility index (Phi) is 4.55. The third kappa shape index (κ3) is 3.63. The Labute approximate surface area is 125 Å². The Morgan fingerprint density at radius 2 is 2.43 bits per heavy atom. The first-order chi connectivity index (χ1) is 10.2. The van der Waals surface area contributed by atoms with E-state index in [1.807, 2.05) is 6.92 Å². The summed E-state index contributed by atoms with van der Waals surface area (Å²) in [6, 6.07) is 2.96. The summed E-state index contributed by atoms with van der Waals surface area (Å²) in [5, 5.41) is 10.2. The molecule has 2 N–H and O–H groups in total. The average molecular weight is 292 g/mol. The zero-order chi connectivity index (χ0) is 14.7. The fourth-order valence-corrected chi connectivity index (χ4v) is 3.50. The number of rotatable bonds is 5. The topological polar surface area (TPSA) is 70.4 Å². The molecule has 2 aliphatic heterocycles. The molecule has 6 nitrogen and oxygen atoms in total. The second kappa shape index (κ2) is 6.58. The highest BCUT2D eigenvalue weighted by molar-refractivity contribution is 5.89. The van der Waals surface area contributed by atoms with Gasteiger partial charge in [-0.25, -0.2) is 0 Å². The maximum absolute atomic E-state index is 12.0. The largest absolute Gasteiger partial charge is 0.360 e. The number of carbonyl (C=O) groups excluding carboxylic acids is 1. The molecule has 2 atom stereocenters. The van der Waals surface area contributed by atoms with Crippen LogP contribution in [-0.4, -0.2) is 47.7 Å². The minimum absolute atomic E-state index is 0.00771. The number of nitrogens with zero attached hydrogens (tertiary/aromatic N) is 2. The first kappa shape index (κ1) is 14.5. The number of aryl methyl sites for hydroxylation is 1. The first-order valence-corrected chi connectivity index (χ1v) is 7.93. The molecule has 1 aromatic heterocycles. The molecule has 2 fully saturated rings.